The summed E-state index contributed by atoms with van der Waals surface area (Å²) < 4.78 is 0. The molecule has 0 atom stereocenters. The quantitative estimate of drug-likeness (QED) is 0.619. The Morgan fingerprint density at radius 3 is 2.33 bits per heavy atom. The molecule has 0 fully saturated rings. The summed E-state index contributed by atoms with van der Waals surface area (Å²) in [5, 5.41) is 9.36. The van der Waals surface area contributed by atoms with Gasteiger partial charge in [-0.05, 0) is 30.9 Å². The molecular weight excluding hydrogens is 148 g/mol. The van der Waals surface area contributed by atoms with Gasteiger partial charge in [0.1, 0.15) is 0 Å². The molecule has 12 heavy (non-hydrogen) atoms. The molecule has 0 aromatic carbocycles. The van der Waals surface area contributed by atoms with E-state index in [1.165, 1.54) is 11.1 Å². The summed E-state index contributed by atoms with van der Waals surface area (Å²) in [5.74, 6) is 0.437. The lowest BCUT2D eigenvalue weighted by molar-refractivity contribution is 0.410. The van der Waals surface area contributed by atoms with E-state index >= 15 is 0 Å². The summed E-state index contributed by atoms with van der Waals surface area (Å²) in [4.78, 5) is 0. The van der Waals surface area contributed by atoms with Crippen molar-refractivity contribution in [3.8, 4) is 0 Å². The third kappa shape index (κ3) is 1.45. The molecule has 1 heteroatoms. The summed E-state index contributed by atoms with van der Waals surface area (Å²) in [5.41, 5.74) is 3.69. The number of aliphatic hydroxyl groups excluding tert-OH is 1. The van der Waals surface area contributed by atoms with Gasteiger partial charge in [-0.2, -0.15) is 0 Å². The highest BCUT2D eigenvalue weighted by atomic mass is 16.3. The zero-order valence-electron chi connectivity index (χ0n) is 8.02. The van der Waals surface area contributed by atoms with E-state index in [2.05, 4.69) is 19.9 Å². The largest absolute Gasteiger partial charge is 0.512 e. The second-order valence-electron chi connectivity index (χ2n) is 3.04. The topological polar surface area (TPSA) is 20.2 Å². The van der Waals surface area contributed by atoms with E-state index in [0.29, 0.717) is 5.76 Å². The molecule has 0 aromatic heterocycles. The van der Waals surface area contributed by atoms with Crippen LogP contribution >= 0.6 is 0 Å². The molecule has 0 spiro atoms. The van der Waals surface area contributed by atoms with Gasteiger partial charge in [-0.15, -0.1) is 0 Å². The van der Waals surface area contributed by atoms with Gasteiger partial charge in [0.2, 0.25) is 0 Å². The van der Waals surface area contributed by atoms with E-state index in [1.807, 2.05) is 6.08 Å². The first-order chi connectivity index (χ1) is 5.70. The molecule has 66 valence electrons. The molecule has 1 N–H and O–H groups in total. The van der Waals surface area contributed by atoms with Gasteiger partial charge >= 0.3 is 0 Å². The van der Waals surface area contributed by atoms with Gasteiger partial charge in [-0.3, -0.25) is 0 Å². The van der Waals surface area contributed by atoms with Crippen molar-refractivity contribution in [1.29, 1.82) is 0 Å². The van der Waals surface area contributed by atoms with E-state index in [-0.39, 0.29) is 0 Å². The Morgan fingerprint density at radius 2 is 1.92 bits per heavy atom. The fraction of sp³-hybridized carbons (Fsp3) is 0.455. The minimum absolute atomic E-state index is 0.437. The molecule has 1 rings (SSSR count). The molecule has 1 aliphatic carbocycles. The molecule has 0 unspecified atom stereocenters. The average Bonchev–Trinajstić information content (AvgIpc) is 2.46. The van der Waals surface area contributed by atoms with Crippen molar-refractivity contribution in [2.75, 3.05) is 0 Å². The summed E-state index contributed by atoms with van der Waals surface area (Å²) in [6, 6.07) is 0. The van der Waals surface area contributed by atoms with Crippen molar-refractivity contribution in [2.24, 2.45) is 0 Å². The van der Waals surface area contributed by atoms with Crippen molar-refractivity contribution in [3.63, 3.8) is 0 Å². The van der Waals surface area contributed by atoms with Crippen molar-refractivity contribution >= 4 is 0 Å². The highest BCUT2D eigenvalue weighted by Crippen LogP contribution is 2.30. The van der Waals surface area contributed by atoms with Crippen molar-refractivity contribution in [1.82, 2.24) is 0 Å². The number of rotatable bonds is 2. The lowest BCUT2D eigenvalue weighted by Gasteiger charge is -2.05. The Kier molecular flexibility index (Phi) is 2.74. The van der Waals surface area contributed by atoms with Gasteiger partial charge in [-0.25, -0.2) is 0 Å². The number of allylic oxidation sites excluding steroid dienone is 6. The molecular formula is C11H16O. The lowest BCUT2D eigenvalue weighted by Crippen LogP contribution is -1.88. The lowest BCUT2D eigenvalue weighted by atomic mass is 10.0. The first-order valence-corrected chi connectivity index (χ1v) is 4.51. The van der Waals surface area contributed by atoms with Crippen LogP contribution in [0.5, 0.6) is 0 Å². The van der Waals surface area contributed by atoms with Crippen LogP contribution in [0.3, 0.4) is 0 Å². The van der Waals surface area contributed by atoms with Crippen LogP contribution in [0.25, 0.3) is 0 Å². The van der Waals surface area contributed by atoms with E-state index in [0.717, 1.165) is 18.4 Å². The van der Waals surface area contributed by atoms with Gasteiger partial charge in [0.15, 0.2) is 0 Å². The van der Waals surface area contributed by atoms with Gasteiger partial charge in [0, 0.05) is 5.57 Å². The zero-order chi connectivity index (χ0) is 9.14. The van der Waals surface area contributed by atoms with Crippen LogP contribution in [0.15, 0.2) is 34.6 Å². The molecule has 1 aliphatic rings. The fourth-order valence-electron chi connectivity index (χ4n) is 1.65. The first-order valence-electron chi connectivity index (χ1n) is 4.51. The van der Waals surface area contributed by atoms with Gasteiger partial charge in [-0.1, -0.05) is 26.0 Å². The van der Waals surface area contributed by atoms with Crippen LogP contribution in [0.4, 0.5) is 0 Å². The fourth-order valence-corrected chi connectivity index (χ4v) is 1.65. The van der Waals surface area contributed by atoms with E-state index < -0.39 is 0 Å². The zero-order valence-corrected chi connectivity index (χ0v) is 8.02. The van der Waals surface area contributed by atoms with Gasteiger partial charge in [0.05, 0.1) is 5.76 Å². The maximum absolute atomic E-state index is 9.36. The Balaban J connectivity index is 3.08. The predicted molar refractivity (Wildman–Crippen MR) is 52.1 cm³/mol. The SMILES string of the molecule is CCC1=C(CC)C(=C(C)O)C=C1. The standard InChI is InChI=1S/C11H16O/c1-4-9-6-7-11(8(3)12)10(9)5-2/h6-7,12H,4-5H2,1-3H3. The van der Waals surface area contributed by atoms with E-state index in [1.54, 1.807) is 6.92 Å². The normalized spacial score (nSPS) is 20.6. The molecule has 0 radical (unpaired) electrons. The summed E-state index contributed by atoms with van der Waals surface area (Å²) in [6.07, 6.45) is 6.17. The highest BCUT2D eigenvalue weighted by molar-refractivity contribution is 5.54. The Hall–Kier alpha value is -0.980. The van der Waals surface area contributed by atoms with Gasteiger partial charge in [0.25, 0.3) is 0 Å². The van der Waals surface area contributed by atoms with E-state index in [4.69, 9.17) is 0 Å². The third-order valence-electron chi connectivity index (χ3n) is 2.29. The Morgan fingerprint density at radius 1 is 1.25 bits per heavy atom. The molecule has 0 heterocycles. The third-order valence-corrected chi connectivity index (χ3v) is 2.29. The summed E-state index contributed by atoms with van der Waals surface area (Å²) in [6.45, 7) is 6.01. The number of aliphatic hydroxyl groups is 1. The van der Waals surface area contributed by atoms with Crippen LogP contribution in [0, 0.1) is 0 Å². The second kappa shape index (κ2) is 3.61. The number of hydrogen-bond donors (Lipinski definition) is 1. The second-order valence-corrected chi connectivity index (χ2v) is 3.04. The monoisotopic (exact) mass is 164 g/mol. The maximum atomic E-state index is 9.36. The van der Waals surface area contributed by atoms with Crippen LogP contribution in [-0.4, -0.2) is 5.11 Å². The average molecular weight is 164 g/mol. The summed E-state index contributed by atoms with van der Waals surface area (Å²) in [7, 11) is 0. The predicted octanol–water partition coefficient (Wildman–Crippen LogP) is 3.50. The minimum atomic E-state index is 0.437. The van der Waals surface area contributed by atoms with Crippen LogP contribution in [0.1, 0.15) is 33.6 Å². The molecule has 0 bridgehead atoms. The molecule has 0 aliphatic heterocycles. The van der Waals surface area contributed by atoms with Crippen molar-refractivity contribution in [3.05, 3.63) is 34.6 Å². The van der Waals surface area contributed by atoms with Crippen LogP contribution in [-0.2, 0) is 0 Å². The molecule has 0 saturated carbocycles. The molecule has 0 amide bonds. The Labute approximate surface area is 74.1 Å². The Bertz CT molecular complexity index is 263. The maximum Gasteiger partial charge on any atom is 0.0966 e. The van der Waals surface area contributed by atoms with Crippen LogP contribution in [0.2, 0.25) is 0 Å². The molecule has 1 nitrogen and oxygen atoms in total. The van der Waals surface area contributed by atoms with E-state index in [9.17, 15) is 5.11 Å². The number of hydrogen-bond acceptors (Lipinski definition) is 1. The highest BCUT2D eigenvalue weighted by Gasteiger charge is 2.13. The summed E-state index contributed by atoms with van der Waals surface area (Å²) >= 11 is 0. The smallest absolute Gasteiger partial charge is 0.0966 e. The van der Waals surface area contributed by atoms with Crippen molar-refractivity contribution in [2.45, 2.75) is 33.6 Å². The van der Waals surface area contributed by atoms with Crippen LogP contribution < -0.4 is 0 Å². The molecule has 0 aromatic rings. The molecule has 0 saturated heterocycles. The van der Waals surface area contributed by atoms with Crippen molar-refractivity contribution < 1.29 is 5.11 Å². The minimum Gasteiger partial charge on any atom is -0.512 e. The first kappa shape index (κ1) is 9.11. The van der Waals surface area contributed by atoms with Gasteiger partial charge < -0.3 is 5.11 Å².